The molecule has 0 aromatic carbocycles. The highest BCUT2D eigenvalue weighted by atomic mass is 16.5. The number of hydrogen-bond donors (Lipinski definition) is 1. The van der Waals surface area contributed by atoms with Crippen LogP contribution in [0.5, 0.6) is 0 Å². The monoisotopic (exact) mass is 211 g/mol. The fourth-order valence-electron chi connectivity index (χ4n) is 1.55. The number of hydrogen-bond acceptors (Lipinski definition) is 3. The molecule has 1 rings (SSSR count). The van der Waals surface area contributed by atoms with Gasteiger partial charge >= 0.3 is 0 Å². The molecule has 0 bridgehead atoms. The van der Waals surface area contributed by atoms with Crippen LogP contribution in [-0.2, 0) is 11.8 Å². The third-order valence-electron chi connectivity index (χ3n) is 2.42. The smallest absolute Gasteiger partial charge is 0.0547 e. The Morgan fingerprint density at radius 2 is 2.40 bits per heavy atom. The Balaban J connectivity index is 2.19. The molecule has 0 amide bonds. The number of rotatable bonds is 7. The van der Waals surface area contributed by atoms with Gasteiger partial charge in [0.2, 0.25) is 0 Å². The Labute approximate surface area is 91.6 Å². The Morgan fingerprint density at radius 1 is 1.60 bits per heavy atom. The van der Waals surface area contributed by atoms with Crippen LogP contribution >= 0.6 is 0 Å². The van der Waals surface area contributed by atoms with E-state index in [1.54, 1.807) is 0 Å². The minimum Gasteiger partial charge on any atom is -0.382 e. The summed E-state index contributed by atoms with van der Waals surface area (Å²) in [6.45, 7) is 6.79. The zero-order valence-corrected chi connectivity index (χ0v) is 9.86. The van der Waals surface area contributed by atoms with E-state index in [2.05, 4.69) is 17.3 Å². The molecule has 0 saturated carbocycles. The molecule has 1 aromatic rings. The lowest BCUT2D eigenvalue weighted by molar-refractivity contribution is 0.144. The summed E-state index contributed by atoms with van der Waals surface area (Å²) in [6.07, 6.45) is 2.88. The van der Waals surface area contributed by atoms with Crippen molar-refractivity contribution in [1.82, 2.24) is 15.1 Å². The Hall–Kier alpha value is -0.870. The summed E-state index contributed by atoms with van der Waals surface area (Å²) in [5, 5.41) is 7.59. The topological polar surface area (TPSA) is 39.1 Å². The van der Waals surface area contributed by atoms with Gasteiger partial charge in [0, 0.05) is 32.5 Å². The van der Waals surface area contributed by atoms with Crippen molar-refractivity contribution in [3.63, 3.8) is 0 Å². The van der Waals surface area contributed by atoms with Crippen molar-refractivity contribution in [3.05, 3.63) is 18.0 Å². The van der Waals surface area contributed by atoms with Crippen molar-refractivity contribution in [2.24, 2.45) is 7.05 Å². The highest BCUT2D eigenvalue weighted by Gasteiger charge is 2.07. The predicted octanol–water partition coefficient (Wildman–Crippen LogP) is 1.50. The van der Waals surface area contributed by atoms with E-state index in [4.69, 9.17) is 4.74 Å². The maximum atomic E-state index is 5.27. The van der Waals surface area contributed by atoms with Gasteiger partial charge in [-0.05, 0) is 32.9 Å². The SMILES string of the molecule is CCOCCCNC(C)c1ccnn1C. The van der Waals surface area contributed by atoms with Crippen LogP contribution in [0.4, 0.5) is 0 Å². The number of aryl methyl sites for hydroxylation is 1. The average molecular weight is 211 g/mol. The van der Waals surface area contributed by atoms with Crippen molar-refractivity contribution in [1.29, 1.82) is 0 Å². The van der Waals surface area contributed by atoms with Gasteiger partial charge in [-0.3, -0.25) is 4.68 Å². The zero-order valence-electron chi connectivity index (χ0n) is 9.86. The summed E-state index contributed by atoms with van der Waals surface area (Å²) in [6, 6.07) is 2.39. The average Bonchev–Trinajstić information content (AvgIpc) is 2.64. The predicted molar refractivity (Wildman–Crippen MR) is 60.7 cm³/mol. The van der Waals surface area contributed by atoms with Crippen molar-refractivity contribution in [3.8, 4) is 0 Å². The van der Waals surface area contributed by atoms with Gasteiger partial charge in [0.05, 0.1) is 5.69 Å². The molecule has 0 spiro atoms. The largest absolute Gasteiger partial charge is 0.382 e. The van der Waals surface area contributed by atoms with Crippen molar-refractivity contribution < 1.29 is 4.74 Å². The van der Waals surface area contributed by atoms with Gasteiger partial charge < -0.3 is 10.1 Å². The molecule has 1 atom stereocenters. The van der Waals surface area contributed by atoms with Crippen LogP contribution in [-0.4, -0.2) is 29.5 Å². The first-order valence-corrected chi connectivity index (χ1v) is 5.54. The summed E-state index contributed by atoms with van der Waals surface area (Å²) >= 11 is 0. The minimum absolute atomic E-state index is 0.346. The molecule has 0 saturated heterocycles. The molecule has 4 heteroatoms. The summed E-state index contributed by atoms with van der Waals surface area (Å²) < 4.78 is 7.18. The number of nitrogens with one attached hydrogen (secondary N) is 1. The van der Waals surface area contributed by atoms with E-state index in [1.807, 2.05) is 30.9 Å². The molecule has 15 heavy (non-hydrogen) atoms. The summed E-state index contributed by atoms with van der Waals surface area (Å²) in [5.74, 6) is 0. The van der Waals surface area contributed by atoms with Crippen LogP contribution < -0.4 is 5.32 Å². The molecule has 1 heterocycles. The summed E-state index contributed by atoms with van der Waals surface area (Å²) in [7, 11) is 1.97. The molecule has 0 aliphatic rings. The van der Waals surface area contributed by atoms with E-state index in [-0.39, 0.29) is 0 Å². The van der Waals surface area contributed by atoms with Gasteiger partial charge in [-0.15, -0.1) is 0 Å². The van der Waals surface area contributed by atoms with Gasteiger partial charge in [-0.25, -0.2) is 0 Å². The lowest BCUT2D eigenvalue weighted by atomic mass is 10.2. The van der Waals surface area contributed by atoms with E-state index in [0.29, 0.717) is 6.04 Å². The Morgan fingerprint density at radius 3 is 3.00 bits per heavy atom. The molecular formula is C11H21N3O. The molecule has 1 aromatic heterocycles. The van der Waals surface area contributed by atoms with Gasteiger partial charge in [-0.2, -0.15) is 5.10 Å². The van der Waals surface area contributed by atoms with Crippen molar-refractivity contribution >= 4 is 0 Å². The van der Waals surface area contributed by atoms with Gasteiger partial charge in [0.15, 0.2) is 0 Å². The van der Waals surface area contributed by atoms with Crippen LogP contribution in [0.15, 0.2) is 12.3 Å². The van der Waals surface area contributed by atoms with Gasteiger partial charge in [-0.1, -0.05) is 0 Å². The number of ether oxygens (including phenoxy) is 1. The maximum Gasteiger partial charge on any atom is 0.0547 e. The standard InChI is InChI=1S/C11H21N3O/c1-4-15-9-5-7-12-10(2)11-6-8-13-14(11)3/h6,8,10,12H,4-5,7,9H2,1-3H3. The van der Waals surface area contributed by atoms with Crippen LogP contribution in [0.25, 0.3) is 0 Å². The fraction of sp³-hybridized carbons (Fsp3) is 0.727. The van der Waals surface area contributed by atoms with Crippen LogP contribution in [0.2, 0.25) is 0 Å². The van der Waals surface area contributed by atoms with E-state index in [9.17, 15) is 0 Å². The number of nitrogens with zero attached hydrogens (tertiary/aromatic N) is 2. The van der Waals surface area contributed by atoms with Crippen LogP contribution in [0.3, 0.4) is 0 Å². The van der Waals surface area contributed by atoms with E-state index in [1.165, 1.54) is 5.69 Å². The lowest BCUT2D eigenvalue weighted by Gasteiger charge is -2.13. The quantitative estimate of drug-likeness (QED) is 0.695. The van der Waals surface area contributed by atoms with Crippen LogP contribution in [0.1, 0.15) is 32.0 Å². The third kappa shape index (κ3) is 4.01. The van der Waals surface area contributed by atoms with Crippen LogP contribution in [0, 0.1) is 0 Å². The molecule has 1 N–H and O–H groups in total. The first kappa shape index (κ1) is 12.2. The first-order valence-electron chi connectivity index (χ1n) is 5.54. The van der Waals surface area contributed by atoms with Crippen molar-refractivity contribution in [2.45, 2.75) is 26.3 Å². The molecule has 0 fully saturated rings. The second-order valence-electron chi connectivity index (χ2n) is 3.61. The Kier molecular flexibility index (Phi) is 5.36. The third-order valence-corrected chi connectivity index (χ3v) is 2.42. The zero-order chi connectivity index (χ0) is 11.1. The molecule has 1 unspecified atom stereocenters. The first-order chi connectivity index (χ1) is 7.25. The molecule has 0 aliphatic carbocycles. The van der Waals surface area contributed by atoms with E-state index in [0.717, 1.165) is 26.2 Å². The van der Waals surface area contributed by atoms with E-state index < -0.39 is 0 Å². The lowest BCUT2D eigenvalue weighted by Crippen LogP contribution is -2.22. The second-order valence-corrected chi connectivity index (χ2v) is 3.61. The van der Waals surface area contributed by atoms with Gasteiger partial charge in [0.1, 0.15) is 0 Å². The van der Waals surface area contributed by atoms with E-state index >= 15 is 0 Å². The molecule has 4 nitrogen and oxygen atoms in total. The normalized spacial score (nSPS) is 13.0. The second kappa shape index (κ2) is 6.58. The maximum absolute atomic E-state index is 5.27. The fourth-order valence-corrected chi connectivity index (χ4v) is 1.55. The molecule has 0 radical (unpaired) electrons. The Bertz CT molecular complexity index is 273. The summed E-state index contributed by atoms with van der Waals surface area (Å²) in [4.78, 5) is 0. The van der Waals surface area contributed by atoms with Crippen molar-refractivity contribution in [2.75, 3.05) is 19.8 Å². The molecule has 86 valence electrons. The highest BCUT2D eigenvalue weighted by molar-refractivity contribution is 5.04. The minimum atomic E-state index is 0.346. The molecule has 0 aliphatic heterocycles. The highest BCUT2D eigenvalue weighted by Crippen LogP contribution is 2.09. The molecular weight excluding hydrogens is 190 g/mol. The van der Waals surface area contributed by atoms with Gasteiger partial charge in [0.25, 0.3) is 0 Å². The number of aromatic nitrogens is 2. The summed E-state index contributed by atoms with van der Waals surface area (Å²) in [5.41, 5.74) is 1.21.